The molecule has 3 aromatic rings. The Morgan fingerprint density at radius 2 is 0.750 bits per heavy atom. The zero-order valence-electron chi connectivity index (χ0n) is 13.1. The lowest BCUT2D eigenvalue weighted by molar-refractivity contribution is 1.59. The summed E-state index contributed by atoms with van der Waals surface area (Å²) >= 11 is 8.10. The molecule has 0 N–H and O–H groups in total. The largest absolute Gasteiger partial charge is 0.118 e. The third-order valence-corrected chi connectivity index (χ3v) is 9.87. The predicted octanol–water partition coefficient (Wildman–Crippen LogP) is 5.08. The van der Waals surface area contributed by atoms with Crippen molar-refractivity contribution in [2.45, 2.75) is 0 Å². The van der Waals surface area contributed by atoms with Crippen molar-refractivity contribution in [3.05, 3.63) is 59.0 Å². The minimum atomic E-state index is 1.23. The van der Waals surface area contributed by atoms with Crippen LogP contribution in [0, 0.1) is 0 Å². The normalized spacial score (nSPS) is 18.2. The number of fused-ring (bicyclic) bond motifs is 2. The Morgan fingerprint density at radius 1 is 0.458 bits per heavy atom. The number of hydrogen-bond acceptors (Lipinski definition) is 4. The highest BCUT2D eigenvalue weighted by molar-refractivity contribution is 8.33. The zero-order valence-corrected chi connectivity index (χ0v) is 16.3. The summed E-state index contributed by atoms with van der Waals surface area (Å²) in [7, 11) is 0. The van der Waals surface area contributed by atoms with Gasteiger partial charge in [-0.2, -0.15) is 0 Å². The maximum absolute atomic E-state index is 2.32. The van der Waals surface area contributed by atoms with E-state index < -0.39 is 0 Å². The Morgan fingerprint density at radius 3 is 1.04 bits per heavy atom. The molecule has 0 saturated carbocycles. The number of rotatable bonds is 0. The van der Waals surface area contributed by atoms with E-state index in [9.17, 15) is 0 Å². The summed E-state index contributed by atoms with van der Waals surface area (Å²) in [5.74, 6) is 4.92. The lowest BCUT2D eigenvalue weighted by Crippen LogP contribution is -2.16. The lowest BCUT2D eigenvalue weighted by atomic mass is 9.99. The molecule has 0 unspecified atom stereocenters. The molecule has 0 nitrogen and oxygen atoms in total. The van der Waals surface area contributed by atoms with E-state index in [0.717, 1.165) is 0 Å². The summed E-state index contributed by atoms with van der Waals surface area (Å²) in [4.78, 5) is 0. The van der Waals surface area contributed by atoms with Crippen LogP contribution >= 0.6 is 47.0 Å². The van der Waals surface area contributed by atoms with Crippen LogP contribution < -0.4 is 10.4 Å². The van der Waals surface area contributed by atoms with E-state index in [4.69, 9.17) is 0 Å². The van der Waals surface area contributed by atoms with Gasteiger partial charge in [0.1, 0.15) is 0 Å². The van der Waals surface area contributed by atoms with Crippen molar-refractivity contribution in [2.75, 3.05) is 23.0 Å². The van der Waals surface area contributed by atoms with Gasteiger partial charge in [-0.25, -0.2) is 0 Å². The fourth-order valence-corrected chi connectivity index (χ4v) is 8.68. The second kappa shape index (κ2) is 6.56. The smallest absolute Gasteiger partial charge is 0.0486 e. The molecule has 4 heteroatoms. The van der Waals surface area contributed by atoms with Crippen molar-refractivity contribution < 1.29 is 0 Å². The summed E-state index contributed by atoms with van der Waals surface area (Å²) in [6.07, 6.45) is 0. The molecule has 120 valence electrons. The van der Waals surface area contributed by atoms with E-state index in [-0.39, 0.29) is 0 Å². The van der Waals surface area contributed by atoms with Crippen LogP contribution in [0.4, 0.5) is 0 Å². The average molecular weight is 385 g/mol. The molecule has 0 bridgehead atoms. The van der Waals surface area contributed by atoms with Crippen molar-refractivity contribution in [3.8, 4) is 0 Å². The minimum absolute atomic E-state index is 1.23. The minimum Gasteiger partial charge on any atom is -0.118 e. The highest BCUT2D eigenvalue weighted by Gasteiger charge is 2.17. The van der Waals surface area contributed by atoms with Crippen molar-refractivity contribution in [2.24, 2.45) is 0 Å². The van der Waals surface area contributed by atoms with Crippen molar-refractivity contribution in [1.82, 2.24) is 0 Å². The first-order valence-corrected chi connectivity index (χ1v) is 12.1. The Kier molecular flexibility index (Phi) is 4.26. The van der Waals surface area contributed by atoms with E-state index in [1.165, 1.54) is 63.5 Å². The summed E-state index contributed by atoms with van der Waals surface area (Å²) in [6.45, 7) is 0. The molecule has 0 amide bonds. The van der Waals surface area contributed by atoms with Crippen LogP contribution in [0.1, 0.15) is 0 Å². The van der Waals surface area contributed by atoms with Crippen molar-refractivity contribution in [1.29, 1.82) is 0 Å². The van der Waals surface area contributed by atoms with E-state index in [1.807, 2.05) is 47.0 Å². The molecule has 2 aliphatic heterocycles. The summed E-state index contributed by atoms with van der Waals surface area (Å²) in [5.41, 5.74) is 0. The molecule has 2 heterocycles. The Hall–Kier alpha value is -0.680. The Bertz CT molecular complexity index is 903. The van der Waals surface area contributed by atoms with Crippen molar-refractivity contribution in [3.63, 3.8) is 0 Å². The maximum atomic E-state index is 2.32. The third kappa shape index (κ3) is 2.50. The molecule has 0 atom stereocenters. The topological polar surface area (TPSA) is 0 Å². The van der Waals surface area contributed by atoms with E-state index in [0.29, 0.717) is 0 Å². The standard InChI is InChI=1S/C20H16S4/c1-2-6-14-13(5-1)17(19-21-9-10-22-19)15-7-3-4-8-16(15)18(14)20-23-11-12-24-20/h1-8H,9-12H2. The highest BCUT2D eigenvalue weighted by Crippen LogP contribution is 2.39. The predicted molar refractivity (Wildman–Crippen MR) is 117 cm³/mol. The second-order valence-electron chi connectivity index (χ2n) is 5.81. The zero-order chi connectivity index (χ0) is 15.9. The third-order valence-electron chi connectivity index (χ3n) is 4.44. The Balaban J connectivity index is 2.11. The van der Waals surface area contributed by atoms with Crippen LogP contribution in [0.3, 0.4) is 0 Å². The van der Waals surface area contributed by atoms with Gasteiger partial charge in [-0.3, -0.25) is 0 Å². The molecule has 2 fully saturated rings. The molecule has 24 heavy (non-hydrogen) atoms. The van der Waals surface area contributed by atoms with Crippen LogP contribution in [0.15, 0.2) is 48.5 Å². The monoisotopic (exact) mass is 384 g/mol. The number of thioether (sulfide) groups is 4. The molecule has 5 rings (SSSR count). The first-order valence-electron chi connectivity index (χ1n) is 8.13. The molecule has 2 aliphatic rings. The van der Waals surface area contributed by atoms with Gasteiger partial charge in [-0.15, -0.1) is 47.0 Å². The molecule has 0 aromatic heterocycles. The molecule has 3 aromatic carbocycles. The first-order chi connectivity index (χ1) is 11.9. The quantitative estimate of drug-likeness (QED) is 0.495. The van der Waals surface area contributed by atoms with Gasteiger partial charge in [0.25, 0.3) is 0 Å². The SMILES string of the molecule is c1ccc2c(=C3SCCS3)c3ccccc3c(=C3SCCS3)c2c1. The van der Waals surface area contributed by atoms with Crippen LogP contribution in [0.25, 0.3) is 30.0 Å². The van der Waals surface area contributed by atoms with Gasteiger partial charge in [-0.1, -0.05) is 48.5 Å². The molecular formula is C20H16S4. The Labute approximate surface area is 158 Å². The van der Waals surface area contributed by atoms with Gasteiger partial charge < -0.3 is 0 Å². The van der Waals surface area contributed by atoms with Gasteiger partial charge in [0.15, 0.2) is 0 Å². The van der Waals surface area contributed by atoms with Crippen LogP contribution in [-0.2, 0) is 0 Å². The fourth-order valence-electron chi connectivity index (χ4n) is 3.48. The van der Waals surface area contributed by atoms with Crippen LogP contribution in [0.2, 0.25) is 0 Å². The van der Waals surface area contributed by atoms with Gasteiger partial charge in [0.05, 0.1) is 0 Å². The van der Waals surface area contributed by atoms with E-state index >= 15 is 0 Å². The maximum Gasteiger partial charge on any atom is 0.0486 e. The number of hydrogen-bond donors (Lipinski definition) is 0. The summed E-state index contributed by atoms with van der Waals surface area (Å²) < 4.78 is 3.01. The van der Waals surface area contributed by atoms with E-state index in [2.05, 4.69) is 48.5 Å². The van der Waals surface area contributed by atoms with Crippen molar-refractivity contribution >= 4 is 77.1 Å². The fraction of sp³-hybridized carbons (Fsp3) is 0.200. The van der Waals surface area contributed by atoms with Gasteiger partial charge in [0, 0.05) is 41.9 Å². The first kappa shape index (κ1) is 15.6. The second-order valence-corrected chi connectivity index (χ2v) is 10.7. The summed E-state index contributed by atoms with van der Waals surface area (Å²) in [5, 5.41) is 8.61. The summed E-state index contributed by atoms with van der Waals surface area (Å²) in [6, 6.07) is 18.0. The number of benzene rings is 3. The average Bonchev–Trinajstić information content (AvgIpc) is 3.33. The highest BCUT2D eigenvalue weighted by atomic mass is 32.2. The van der Waals surface area contributed by atoms with Gasteiger partial charge >= 0.3 is 0 Å². The van der Waals surface area contributed by atoms with E-state index in [1.54, 1.807) is 0 Å². The van der Waals surface area contributed by atoms with Crippen LogP contribution in [0.5, 0.6) is 0 Å². The molecular weight excluding hydrogens is 368 g/mol. The van der Waals surface area contributed by atoms with Gasteiger partial charge in [0.2, 0.25) is 0 Å². The molecule has 0 aliphatic carbocycles. The lowest BCUT2D eigenvalue weighted by Gasteiger charge is -2.10. The van der Waals surface area contributed by atoms with Gasteiger partial charge in [-0.05, 0) is 21.5 Å². The molecule has 0 radical (unpaired) electrons. The van der Waals surface area contributed by atoms with Crippen LogP contribution in [-0.4, -0.2) is 23.0 Å². The molecule has 2 saturated heterocycles. The molecule has 0 spiro atoms.